The molecule has 17 heavy (non-hydrogen) atoms. The second kappa shape index (κ2) is 4.40. The van der Waals surface area contributed by atoms with Gasteiger partial charge in [-0.15, -0.1) is 0 Å². The highest BCUT2D eigenvalue weighted by Crippen LogP contribution is 2.18. The van der Waals surface area contributed by atoms with Crippen LogP contribution in [-0.4, -0.2) is 15.6 Å². The van der Waals surface area contributed by atoms with E-state index in [4.69, 9.17) is 16.9 Å². The molecule has 0 unspecified atom stereocenters. The third-order valence-corrected chi connectivity index (χ3v) is 2.50. The van der Waals surface area contributed by atoms with Crippen molar-refractivity contribution in [1.82, 2.24) is 9.78 Å². The molecule has 2 aromatic rings. The molecule has 5 heteroatoms. The largest absolute Gasteiger partial charge is 0.294 e. The van der Waals surface area contributed by atoms with Gasteiger partial charge in [-0.2, -0.15) is 10.4 Å². The maximum Gasteiger partial charge on any atom is 0.161 e. The molecule has 1 aromatic heterocycles. The molecule has 0 bridgehead atoms. The number of rotatable bonds is 2. The molecule has 84 valence electrons. The molecule has 0 aliphatic rings. The Kier molecular flexibility index (Phi) is 2.94. The van der Waals surface area contributed by atoms with Gasteiger partial charge >= 0.3 is 0 Å². The van der Waals surface area contributed by atoms with Crippen LogP contribution in [0, 0.1) is 11.3 Å². The molecule has 0 spiro atoms. The van der Waals surface area contributed by atoms with Crippen LogP contribution in [0.2, 0.25) is 5.02 Å². The summed E-state index contributed by atoms with van der Waals surface area (Å²) in [6.45, 7) is 1.47. The summed E-state index contributed by atoms with van der Waals surface area (Å²) < 4.78 is 1.49. The van der Waals surface area contributed by atoms with Gasteiger partial charge in [0.15, 0.2) is 5.78 Å². The van der Waals surface area contributed by atoms with Crippen molar-refractivity contribution in [1.29, 1.82) is 5.26 Å². The van der Waals surface area contributed by atoms with Crippen molar-refractivity contribution in [2.75, 3.05) is 0 Å². The molecule has 4 nitrogen and oxygen atoms in total. The maximum absolute atomic E-state index is 11.5. The topological polar surface area (TPSA) is 58.7 Å². The highest BCUT2D eigenvalue weighted by atomic mass is 35.5. The van der Waals surface area contributed by atoms with Gasteiger partial charge in [0, 0.05) is 11.8 Å². The van der Waals surface area contributed by atoms with Crippen LogP contribution >= 0.6 is 11.6 Å². The van der Waals surface area contributed by atoms with Crippen LogP contribution in [0.15, 0.2) is 30.6 Å². The summed E-state index contributed by atoms with van der Waals surface area (Å²) in [5.74, 6) is -0.0869. The van der Waals surface area contributed by atoms with Gasteiger partial charge in [0.2, 0.25) is 0 Å². The first kappa shape index (κ1) is 11.4. The van der Waals surface area contributed by atoms with Gasteiger partial charge < -0.3 is 0 Å². The van der Waals surface area contributed by atoms with Crippen molar-refractivity contribution in [3.63, 3.8) is 0 Å². The molecule has 2 rings (SSSR count). The fourth-order valence-electron chi connectivity index (χ4n) is 1.52. The Labute approximate surface area is 103 Å². The van der Waals surface area contributed by atoms with E-state index in [1.807, 2.05) is 6.07 Å². The van der Waals surface area contributed by atoms with Crippen LogP contribution in [0.1, 0.15) is 22.8 Å². The maximum atomic E-state index is 11.5. The zero-order chi connectivity index (χ0) is 12.4. The molecule has 0 aliphatic heterocycles. The molecule has 0 atom stereocenters. The van der Waals surface area contributed by atoms with Crippen molar-refractivity contribution >= 4 is 17.4 Å². The van der Waals surface area contributed by atoms with Gasteiger partial charge in [0.1, 0.15) is 0 Å². The minimum Gasteiger partial charge on any atom is -0.294 e. The van der Waals surface area contributed by atoms with Crippen LogP contribution in [0.3, 0.4) is 0 Å². The minimum atomic E-state index is -0.0869. The highest BCUT2D eigenvalue weighted by Gasteiger charge is 2.11. The zero-order valence-corrected chi connectivity index (χ0v) is 9.77. The summed E-state index contributed by atoms with van der Waals surface area (Å²) >= 11 is 5.78. The lowest BCUT2D eigenvalue weighted by Crippen LogP contribution is -2.04. The Bertz CT molecular complexity index is 625. The molecule has 0 saturated carbocycles. The average Bonchev–Trinajstić information content (AvgIpc) is 2.75. The van der Waals surface area contributed by atoms with Gasteiger partial charge in [-0.3, -0.25) is 4.79 Å². The van der Waals surface area contributed by atoms with Gasteiger partial charge in [0.05, 0.1) is 28.5 Å². The molecule has 0 saturated heterocycles. The van der Waals surface area contributed by atoms with E-state index in [-0.39, 0.29) is 5.78 Å². The third kappa shape index (κ3) is 2.19. The number of carbonyl (C=O) groups excluding carboxylic acids is 1. The predicted molar refractivity (Wildman–Crippen MR) is 63.3 cm³/mol. The van der Waals surface area contributed by atoms with Crippen LogP contribution in [0.5, 0.6) is 0 Å². The Balaban J connectivity index is 2.65. The van der Waals surface area contributed by atoms with Crippen LogP contribution in [-0.2, 0) is 0 Å². The molecule has 0 amide bonds. The molecular formula is C12H8ClN3O. The van der Waals surface area contributed by atoms with Gasteiger partial charge in [-0.05, 0) is 25.1 Å². The number of hydrogen-bond donors (Lipinski definition) is 0. The van der Waals surface area contributed by atoms with Crippen LogP contribution in [0.4, 0.5) is 0 Å². The fraction of sp³-hybridized carbons (Fsp3) is 0.0833. The summed E-state index contributed by atoms with van der Waals surface area (Å²) in [5.41, 5.74) is 1.53. The standard InChI is InChI=1S/C12H8ClN3O/c1-8(17)11-3-2-9(5-14)4-12(11)16-7-10(13)6-15-16/h2-4,6-7H,1H3. The summed E-state index contributed by atoms with van der Waals surface area (Å²) in [5, 5.41) is 13.4. The normalized spacial score (nSPS) is 9.94. The summed E-state index contributed by atoms with van der Waals surface area (Å²) in [7, 11) is 0. The molecule has 1 heterocycles. The SMILES string of the molecule is CC(=O)c1ccc(C#N)cc1-n1cc(Cl)cn1. The van der Waals surface area contributed by atoms with E-state index < -0.39 is 0 Å². The lowest BCUT2D eigenvalue weighted by atomic mass is 10.1. The van der Waals surface area contributed by atoms with Crippen molar-refractivity contribution in [2.45, 2.75) is 6.92 Å². The second-order valence-electron chi connectivity index (χ2n) is 3.50. The lowest BCUT2D eigenvalue weighted by molar-refractivity contribution is 0.101. The monoisotopic (exact) mass is 245 g/mol. The first-order valence-electron chi connectivity index (χ1n) is 4.87. The highest BCUT2D eigenvalue weighted by molar-refractivity contribution is 6.30. The van der Waals surface area contributed by atoms with E-state index in [1.165, 1.54) is 17.8 Å². The summed E-state index contributed by atoms with van der Waals surface area (Å²) in [6.07, 6.45) is 3.06. The number of hydrogen-bond acceptors (Lipinski definition) is 3. The average molecular weight is 246 g/mol. The first-order chi connectivity index (χ1) is 8.11. The van der Waals surface area contributed by atoms with Crippen molar-refractivity contribution < 1.29 is 4.79 Å². The smallest absolute Gasteiger partial charge is 0.161 e. The van der Waals surface area contributed by atoms with Gasteiger partial charge in [-0.25, -0.2) is 4.68 Å². The van der Waals surface area contributed by atoms with E-state index >= 15 is 0 Å². The minimum absolute atomic E-state index is 0.0869. The van der Waals surface area contributed by atoms with E-state index in [9.17, 15) is 4.79 Å². The first-order valence-corrected chi connectivity index (χ1v) is 5.25. The fourth-order valence-corrected chi connectivity index (χ4v) is 1.66. The third-order valence-electron chi connectivity index (χ3n) is 2.30. The summed E-state index contributed by atoms with van der Waals surface area (Å²) in [4.78, 5) is 11.5. The Morgan fingerprint density at radius 1 is 1.53 bits per heavy atom. The number of carbonyl (C=O) groups is 1. The molecular weight excluding hydrogens is 238 g/mol. The number of nitrogens with zero attached hydrogens (tertiary/aromatic N) is 3. The van der Waals surface area contributed by atoms with Gasteiger partial charge in [-0.1, -0.05) is 11.6 Å². The number of aromatic nitrogens is 2. The van der Waals surface area contributed by atoms with Gasteiger partial charge in [0.25, 0.3) is 0 Å². The number of halogens is 1. The molecule has 0 fully saturated rings. The molecule has 0 radical (unpaired) electrons. The van der Waals surface area contributed by atoms with E-state index in [0.29, 0.717) is 21.8 Å². The Morgan fingerprint density at radius 3 is 2.82 bits per heavy atom. The number of nitriles is 1. The number of ketones is 1. The number of Topliss-reactive ketones (excluding diaryl/α,β-unsaturated/α-hetero) is 1. The van der Waals surface area contributed by atoms with E-state index in [0.717, 1.165) is 0 Å². The van der Waals surface area contributed by atoms with E-state index in [1.54, 1.807) is 24.4 Å². The Hall–Kier alpha value is -2.12. The predicted octanol–water partition coefficient (Wildman–Crippen LogP) is 2.60. The van der Waals surface area contributed by atoms with E-state index in [2.05, 4.69) is 5.10 Å². The van der Waals surface area contributed by atoms with Crippen molar-refractivity contribution in [2.24, 2.45) is 0 Å². The lowest BCUT2D eigenvalue weighted by Gasteiger charge is -2.07. The molecule has 0 N–H and O–H groups in total. The van der Waals surface area contributed by atoms with Crippen molar-refractivity contribution in [3.8, 4) is 11.8 Å². The quantitative estimate of drug-likeness (QED) is 0.764. The van der Waals surface area contributed by atoms with Crippen LogP contribution in [0.25, 0.3) is 5.69 Å². The molecule has 0 aliphatic carbocycles. The molecule has 1 aromatic carbocycles. The number of benzene rings is 1. The summed E-state index contributed by atoms with van der Waals surface area (Å²) in [6, 6.07) is 6.86. The van der Waals surface area contributed by atoms with Crippen LogP contribution < -0.4 is 0 Å². The zero-order valence-electron chi connectivity index (χ0n) is 9.01. The van der Waals surface area contributed by atoms with Crippen molar-refractivity contribution in [3.05, 3.63) is 46.7 Å². The second-order valence-corrected chi connectivity index (χ2v) is 3.94. The Morgan fingerprint density at radius 2 is 2.29 bits per heavy atom.